The number of aliphatic hydroxyl groups is 1. The molecule has 1 aliphatic carbocycles. The molecule has 2 rings (SSSR count). The summed E-state index contributed by atoms with van der Waals surface area (Å²) in [4.78, 5) is 46.3. The normalized spacial score (nSPS) is 18.6. The predicted octanol–water partition coefficient (Wildman–Crippen LogP) is 2.39. The van der Waals surface area contributed by atoms with Gasteiger partial charge in [-0.3, -0.25) is 4.79 Å². The second kappa shape index (κ2) is 11.8. The van der Waals surface area contributed by atoms with Crippen LogP contribution in [0.25, 0.3) is 0 Å². The summed E-state index contributed by atoms with van der Waals surface area (Å²) in [6.07, 6.45) is 6.84. The fourth-order valence-electron chi connectivity index (χ4n) is 4.23. The number of ether oxygens (including phenoxy) is 2. The van der Waals surface area contributed by atoms with Crippen LogP contribution in [0.15, 0.2) is 12.5 Å². The molecule has 0 bridgehead atoms. The van der Waals surface area contributed by atoms with Crippen LogP contribution in [0.2, 0.25) is 0 Å². The highest BCUT2D eigenvalue weighted by atomic mass is 16.6. The molecule has 34 heavy (non-hydrogen) atoms. The lowest BCUT2D eigenvalue weighted by atomic mass is 9.77. The number of imidazole rings is 1. The van der Waals surface area contributed by atoms with Gasteiger partial charge in [0.1, 0.15) is 11.6 Å². The van der Waals surface area contributed by atoms with E-state index < -0.39 is 47.2 Å². The Morgan fingerprint density at radius 1 is 1.24 bits per heavy atom. The highest BCUT2D eigenvalue weighted by Gasteiger charge is 2.54. The molecule has 0 aliphatic heterocycles. The van der Waals surface area contributed by atoms with Crippen molar-refractivity contribution in [1.29, 1.82) is 0 Å². The van der Waals surface area contributed by atoms with E-state index in [9.17, 15) is 19.5 Å². The Kier molecular flexibility index (Phi) is 9.64. The van der Waals surface area contributed by atoms with Gasteiger partial charge in [-0.25, -0.2) is 14.6 Å². The number of rotatable bonds is 10. The third-order valence-corrected chi connectivity index (χ3v) is 5.85. The zero-order valence-corrected chi connectivity index (χ0v) is 20.9. The average Bonchev–Trinajstić information content (AvgIpc) is 3.24. The Labute approximate surface area is 201 Å². The maximum Gasteiger partial charge on any atom is 0.408 e. The highest BCUT2D eigenvalue weighted by molar-refractivity contribution is 6.11. The Bertz CT molecular complexity index is 814. The Balaban J connectivity index is 2.36. The molecular weight excluding hydrogens is 440 g/mol. The summed E-state index contributed by atoms with van der Waals surface area (Å²) in [6.45, 7) is 8.31. The van der Waals surface area contributed by atoms with Gasteiger partial charge < -0.3 is 30.6 Å². The molecule has 0 aromatic carbocycles. The topological polar surface area (TPSA) is 157 Å². The molecule has 1 unspecified atom stereocenters. The number of carbonyl (C=O) groups excluding carboxylic acids is 3. The summed E-state index contributed by atoms with van der Waals surface area (Å²) < 4.78 is 10.6. The molecule has 0 radical (unpaired) electrons. The number of aromatic nitrogens is 2. The number of H-pyrrole nitrogens is 1. The van der Waals surface area contributed by atoms with E-state index in [1.807, 2.05) is 0 Å². The summed E-state index contributed by atoms with van der Waals surface area (Å²) in [5.41, 5.74) is 3.37. The maximum absolute atomic E-state index is 13.8. The Hall–Kier alpha value is -2.46. The minimum Gasteiger partial charge on any atom is -0.460 e. The van der Waals surface area contributed by atoms with Crippen LogP contribution in [0.4, 0.5) is 4.79 Å². The van der Waals surface area contributed by atoms with Crippen LogP contribution in [0.5, 0.6) is 0 Å². The first kappa shape index (κ1) is 27.8. The number of aromatic amines is 1. The third-order valence-electron chi connectivity index (χ3n) is 5.85. The van der Waals surface area contributed by atoms with Crippen LogP contribution in [0.3, 0.4) is 0 Å². The third kappa shape index (κ3) is 7.80. The molecule has 1 heterocycles. The van der Waals surface area contributed by atoms with Gasteiger partial charge in [-0.1, -0.05) is 32.1 Å². The molecule has 0 saturated heterocycles. The van der Waals surface area contributed by atoms with Crippen molar-refractivity contribution in [3.63, 3.8) is 0 Å². The van der Waals surface area contributed by atoms with Crippen molar-refractivity contribution in [1.82, 2.24) is 15.3 Å². The molecular formula is C24H40N4O6. The van der Waals surface area contributed by atoms with Gasteiger partial charge in [0.2, 0.25) is 5.60 Å². The minimum atomic E-state index is -2.64. The molecule has 0 spiro atoms. The number of hydrogen-bond donors (Lipinski definition) is 4. The lowest BCUT2D eigenvalue weighted by Crippen LogP contribution is -2.66. The van der Waals surface area contributed by atoms with Crippen molar-refractivity contribution in [2.75, 3.05) is 0 Å². The summed E-state index contributed by atoms with van der Waals surface area (Å²) in [5.74, 6) is -1.87. The number of nitrogens with two attached hydrogens (primary N) is 1. The number of Topliss-reactive ketones (excluding diaryl/α,β-unsaturated/α-hetero) is 1. The van der Waals surface area contributed by atoms with Gasteiger partial charge in [-0.2, -0.15) is 0 Å². The summed E-state index contributed by atoms with van der Waals surface area (Å²) in [7, 11) is 0. The highest BCUT2D eigenvalue weighted by Crippen LogP contribution is 2.31. The number of esters is 1. The largest absolute Gasteiger partial charge is 0.460 e. The van der Waals surface area contributed by atoms with E-state index >= 15 is 0 Å². The van der Waals surface area contributed by atoms with Gasteiger partial charge in [0, 0.05) is 12.6 Å². The van der Waals surface area contributed by atoms with Gasteiger partial charge in [0.25, 0.3) is 0 Å². The van der Waals surface area contributed by atoms with Crippen molar-refractivity contribution in [2.24, 2.45) is 11.7 Å². The summed E-state index contributed by atoms with van der Waals surface area (Å²) in [5, 5.41) is 14.1. The van der Waals surface area contributed by atoms with Gasteiger partial charge in [-0.05, 0) is 47.0 Å². The van der Waals surface area contributed by atoms with E-state index in [1.165, 1.54) is 6.33 Å². The van der Waals surface area contributed by atoms with Crippen molar-refractivity contribution in [3.05, 3.63) is 18.2 Å². The standard InChI is InChI=1S/C24H40N4O6/c1-15(2)33-21(30)24(32,19(25)11-16-9-7-6-8-10-16)20(29)18(12-17-13-26-14-27-17)28-22(31)34-23(3,4)5/h13-16,18-19,32H,6-12,25H2,1-5H3,(H,26,27)(H,28,31)/t18-,19-,24?/m0/s1. The quantitative estimate of drug-likeness (QED) is 0.294. The van der Waals surface area contributed by atoms with Gasteiger partial charge in [-0.15, -0.1) is 0 Å². The zero-order valence-electron chi connectivity index (χ0n) is 20.9. The fraction of sp³-hybridized carbons (Fsp3) is 0.750. The van der Waals surface area contributed by atoms with Crippen LogP contribution in [0.1, 0.15) is 78.8 Å². The van der Waals surface area contributed by atoms with Crippen LogP contribution in [-0.2, 0) is 25.5 Å². The Morgan fingerprint density at radius 2 is 1.88 bits per heavy atom. The lowest BCUT2D eigenvalue weighted by Gasteiger charge is -2.36. The lowest BCUT2D eigenvalue weighted by molar-refractivity contribution is -0.177. The number of carbonyl (C=O) groups is 3. The number of hydrogen-bond acceptors (Lipinski definition) is 8. The van der Waals surface area contributed by atoms with Gasteiger partial charge >= 0.3 is 12.1 Å². The smallest absolute Gasteiger partial charge is 0.408 e. The van der Waals surface area contributed by atoms with E-state index in [-0.39, 0.29) is 18.8 Å². The molecule has 1 aromatic heterocycles. The van der Waals surface area contributed by atoms with E-state index in [0.717, 1.165) is 32.1 Å². The molecule has 1 fully saturated rings. The monoisotopic (exact) mass is 480 g/mol. The number of ketones is 1. The van der Waals surface area contributed by atoms with Crippen molar-refractivity contribution < 1.29 is 29.0 Å². The van der Waals surface area contributed by atoms with E-state index in [4.69, 9.17) is 15.2 Å². The SMILES string of the molecule is CC(C)OC(=O)C(O)(C(=O)[C@H](Cc1c[nH]cn1)NC(=O)OC(C)(C)C)[C@@H](N)CC1CCCCC1. The second-order valence-corrected chi connectivity index (χ2v) is 10.4. The molecule has 1 aliphatic rings. The average molecular weight is 481 g/mol. The molecule has 1 amide bonds. The van der Waals surface area contributed by atoms with E-state index in [2.05, 4.69) is 15.3 Å². The first-order valence-electron chi connectivity index (χ1n) is 12.0. The van der Waals surface area contributed by atoms with Crippen LogP contribution < -0.4 is 11.1 Å². The van der Waals surface area contributed by atoms with Crippen molar-refractivity contribution in [3.8, 4) is 0 Å². The summed E-state index contributed by atoms with van der Waals surface area (Å²) >= 11 is 0. The van der Waals surface area contributed by atoms with E-state index in [0.29, 0.717) is 5.69 Å². The van der Waals surface area contributed by atoms with Crippen LogP contribution in [0, 0.1) is 5.92 Å². The number of amides is 1. The van der Waals surface area contributed by atoms with Crippen LogP contribution >= 0.6 is 0 Å². The summed E-state index contributed by atoms with van der Waals surface area (Å²) in [6, 6.07) is -2.52. The molecule has 192 valence electrons. The number of nitrogens with zero attached hydrogens (tertiary/aromatic N) is 1. The molecule has 10 heteroatoms. The van der Waals surface area contributed by atoms with Crippen molar-refractivity contribution in [2.45, 2.75) is 109 Å². The van der Waals surface area contributed by atoms with Crippen molar-refractivity contribution >= 4 is 17.8 Å². The number of alkyl carbamates (subject to hydrolysis) is 1. The first-order chi connectivity index (χ1) is 15.8. The minimum absolute atomic E-state index is 0.0744. The maximum atomic E-state index is 13.8. The fourth-order valence-corrected chi connectivity index (χ4v) is 4.23. The van der Waals surface area contributed by atoms with E-state index in [1.54, 1.807) is 40.8 Å². The molecule has 1 aromatic rings. The second-order valence-electron chi connectivity index (χ2n) is 10.4. The Morgan fingerprint density at radius 3 is 2.41 bits per heavy atom. The molecule has 10 nitrogen and oxygen atoms in total. The van der Waals surface area contributed by atoms with Crippen LogP contribution in [-0.4, -0.2) is 62.3 Å². The van der Waals surface area contributed by atoms with Gasteiger partial charge in [0.05, 0.1) is 24.2 Å². The predicted molar refractivity (Wildman–Crippen MR) is 126 cm³/mol. The first-order valence-corrected chi connectivity index (χ1v) is 12.0. The molecule has 1 saturated carbocycles. The number of nitrogens with one attached hydrogen (secondary N) is 2. The molecule has 5 N–H and O–H groups in total. The van der Waals surface area contributed by atoms with Gasteiger partial charge in [0.15, 0.2) is 5.78 Å². The molecule has 3 atom stereocenters. The zero-order chi connectivity index (χ0) is 25.5.